The Morgan fingerprint density at radius 3 is 2.02 bits per heavy atom. The summed E-state index contributed by atoms with van der Waals surface area (Å²) in [6, 6.07) is 1.92. The van der Waals surface area contributed by atoms with Gasteiger partial charge in [0.15, 0.2) is 22.9 Å². The van der Waals surface area contributed by atoms with E-state index in [1.807, 2.05) is 0 Å². The van der Waals surface area contributed by atoms with Crippen molar-refractivity contribution in [2.24, 2.45) is 11.7 Å². The number of anilines is 1. The van der Waals surface area contributed by atoms with E-state index in [-0.39, 0.29) is 18.1 Å². The van der Waals surface area contributed by atoms with Crippen LogP contribution >= 0.6 is 11.3 Å². The number of aldehydes is 1. The lowest BCUT2D eigenvalue weighted by Crippen LogP contribution is -2.65. The van der Waals surface area contributed by atoms with Gasteiger partial charge in [0.25, 0.3) is 0 Å². The number of nitrogens with two attached hydrogens (primary N) is 1. The van der Waals surface area contributed by atoms with E-state index in [0.717, 1.165) is 11.3 Å². The number of rotatable bonds is 17. The molecule has 0 saturated heterocycles. The van der Waals surface area contributed by atoms with Gasteiger partial charge in [0.05, 0.1) is 17.6 Å². The molecule has 0 saturated carbocycles. The molecular weight excluding hydrogens is 632 g/mol. The summed E-state index contributed by atoms with van der Waals surface area (Å²) in [5.41, 5.74) is 4.99. The number of carbonyl (C=O) groups excluding carboxylic acids is 7. The maximum atomic E-state index is 12.8. The van der Waals surface area contributed by atoms with Gasteiger partial charge in [-0.2, -0.15) is 0 Å². The Morgan fingerprint density at radius 1 is 0.894 bits per heavy atom. The van der Waals surface area contributed by atoms with Crippen LogP contribution in [0, 0.1) is 5.92 Å². The Morgan fingerprint density at radius 2 is 1.47 bits per heavy atom. The molecule has 9 N–H and O–H groups in total. The second-order valence-electron chi connectivity index (χ2n) is 11.4. The minimum Gasteiger partial charge on any atom is -0.508 e. The number of ketones is 1. The van der Waals surface area contributed by atoms with Crippen LogP contribution in [-0.4, -0.2) is 88.1 Å². The topological polar surface area (TPSA) is 251 Å². The summed E-state index contributed by atoms with van der Waals surface area (Å²) in [6.07, 6.45) is 1.95. The minimum atomic E-state index is -1.78. The standard InChI is InChI=1S/C30H42N8O8S/c1-15(2)24(37-29-33-12-22(14-39)47-29)28(46)36-16(3)25(43)32-13-23(42)34-17(4)26(44)35-18(5)27(45)38-30(31,19(6)40)11-20-7-9-21(41)10-8-20/h7-10,12,14-18,24,41H,11,13,31H2,1-6H3,(H,32,43)(H,33,37)(H,34,42)(H,35,44)(H,36,46)(H,38,45)/t16-,17-,18-,24-,30-/m0/s1. The molecule has 0 radical (unpaired) electrons. The zero-order chi connectivity index (χ0) is 35.5. The van der Waals surface area contributed by atoms with Crippen molar-refractivity contribution >= 4 is 58.1 Å². The lowest BCUT2D eigenvalue weighted by Gasteiger charge is -2.30. The van der Waals surface area contributed by atoms with Gasteiger partial charge >= 0.3 is 0 Å². The number of thiazole rings is 1. The van der Waals surface area contributed by atoms with Crippen LogP contribution in [-0.2, 0) is 35.2 Å². The van der Waals surface area contributed by atoms with Crippen molar-refractivity contribution in [3.05, 3.63) is 40.9 Å². The predicted molar refractivity (Wildman–Crippen MR) is 173 cm³/mol. The molecule has 0 spiro atoms. The van der Waals surface area contributed by atoms with Crippen molar-refractivity contribution in [3.63, 3.8) is 0 Å². The van der Waals surface area contributed by atoms with E-state index in [2.05, 4.69) is 36.9 Å². The molecule has 1 heterocycles. The molecule has 256 valence electrons. The smallest absolute Gasteiger partial charge is 0.244 e. The molecule has 0 unspecified atom stereocenters. The van der Waals surface area contributed by atoms with E-state index >= 15 is 0 Å². The molecule has 0 aliphatic rings. The van der Waals surface area contributed by atoms with Crippen LogP contribution in [0.15, 0.2) is 30.5 Å². The van der Waals surface area contributed by atoms with Crippen molar-refractivity contribution in [3.8, 4) is 5.75 Å². The van der Waals surface area contributed by atoms with Crippen molar-refractivity contribution in [1.82, 2.24) is 31.6 Å². The van der Waals surface area contributed by atoms with Crippen molar-refractivity contribution in [2.45, 2.75) is 77.8 Å². The normalized spacial score (nSPS) is 14.7. The third-order valence-corrected chi connectivity index (χ3v) is 7.81. The molecule has 0 fully saturated rings. The molecule has 0 aliphatic carbocycles. The fourth-order valence-electron chi connectivity index (χ4n) is 4.05. The second-order valence-corrected chi connectivity index (χ2v) is 12.4. The number of phenolic OH excluding ortho intramolecular Hbond substituents is 1. The number of hydrogen-bond donors (Lipinski definition) is 8. The van der Waals surface area contributed by atoms with Crippen LogP contribution in [0.25, 0.3) is 0 Å². The fraction of sp³-hybridized carbons (Fsp3) is 0.467. The minimum absolute atomic E-state index is 0.0232. The third kappa shape index (κ3) is 11.8. The number of amides is 5. The van der Waals surface area contributed by atoms with Gasteiger partial charge in [0.1, 0.15) is 29.9 Å². The summed E-state index contributed by atoms with van der Waals surface area (Å²) < 4.78 is 0. The maximum Gasteiger partial charge on any atom is 0.244 e. The monoisotopic (exact) mass is 674 g/mol. The van der Waals surface area contributed by atoms with Gasteiger partial charge in [-0.3, -0.25) is 33.6 Å². The average Bonchev–Trinajstić information content (AvgIpc) is 3.47. The second kappa shape index (κ2) is 17.1. The quantitative estimate of drug-likeness (QED) is 0.0772. The van der Waals surface area contributed by atoms with Crippen molar-refractivity contribution in [1.29, 1.82) is 0 Å². The van der Waals surface area contributed by atoms with Crippen LogP contribution in [0.1, 0.15) is 56.8 Å². The largest absolute Gasteiger partial charge is 0.508 e. The van der Waals surface area contributed by atoms with Crippen LogP contribution in [0.4, 0.5) is 5.13 Å². The Balaban J connectivity index is 1.83. The zero-order valence-corrected chi connectivity index (χ0v) is 27.8. The number of nitrogens with zero attached hydrogens (tertiary/aromatic N) is 1. The first-order valence-electron chi connectivity index (χ1n) is 14.7. The van der Waals surface area contributed by atoms with Crippen molar-refractivity contribution < 1.29 is 38.7 Å². The van der Waals surface area contributed by atoms with Gasteiger partial charge in [-0.25, -0.2) is 4.98 Å². The molecule has 47 heavy (non-hydrogen) atoms. The van der Waals surface area contributed by atoms with E-state index in [0.29, 0.717) is 21.9 Å². The highest BCUT2D eigenvalue weighted by atomic mass is 32.1. The lowest BCUT2D eigenvalue weighted by molar-refractivity contribution is -0.134. The molecule has 2 aromatic rings. The number of aromatic hydroxyl groups is 1. The molecule has 1 aromatic heterocycles. The highest BCUT2D eigenvalue weighted by Crippen LogP contribution is 2.19. The summed E-state index contributed by atoms with van der Waals surface area (Å²) in [4.78, 5) is 91.0. The highest BCUT2D eigenvalue weighted by molar-refractivity contribution is 7.17. The van der Waals surface area contributed by atoms with Crippen LogP contribution < -0.4 is 37.6 Å². The van der Waals surface area contributed by atoms with Crippen LogP contribution in [0.2, 0.25) is 0 Å². The Labute approximate surface area is 276 Å². The number of aromatic nitrogens is 1. The lowest BCUT2D eigenvalue weighted by atomic mass is 9.96. The number of Topliss-reactive ketones (excluding diaryl/α,β-unsaturated/α-hetero) is 1. The summed E-state index contributed by atoms with van der Waals surface area (Å²) in [5, 5.41) is 25.1. The van der Waals surface area contributed by atoms with Crippen molar-refractivity contribution in [2.75, 3.05) is 11.9 Å². The zero-order valence-electron chi connectivity index (χ0n) is 27.0. The van der Waals surface area contributed by atoms with Gasteiger partial charge in [0.2, 0.25) is 29.5 Å². The van der Waals surface area contributed by atoms with E-state index < -0.39 is 71.7 Å². The van der Waals surface area contributed by atoms with Gasteiger partial charge in [0, 0.05) is 6.42 Å². The SMILES string of the molecule is CC(=O)[C@](N)(Cc1ccc(O)cc1)NC(=O)[C@H](C)NC(=O)[C@H](C)NC(=O)CNC(=O)[C@H](C)NC(=O)[C@@H](Nc1ncc(C=O)s1)C(C)C. The first kappa shape index (κ1) is 38.3. The highest BCUT2D eigenvalue weighted by Gasteiger charge is 2.35. The molecule has 0 bridgehead atoms. The molecule has 0 aliphatic heterocycles. The summed E-state index contributed by atoms with van der Waals surface area (Å²) in [6.45, 7) is 8.48. The van der Waals surface area contributed by atoms with Crippen LogP contribution in [0.3, 0.4) is 0 Å². The molecule has 1 aromatic carbocycles. The first-order chi connectivity index (χ1) is 21.9. The maximum absolute atomic E-state index is 12.8. The summed E-state index contributed by atoms with van der Waals surface area (Å²) in [5.74, 6) is -4.02. The van der Waals surface area contributed by atoms with E-state index in [1.54, 1.807) is 26.0 Å². The summed E-state index contributed by atoms with van der Waals surface area (Å²) in [7, 11) is 0. The average molecular weight is 675 g/mol. The number of nitrogens with one attached hydrogen (secondary N) is 6. The third-order valence-electron chi connectivity index (χ3n) is 6.96. The molecule has 5 atom stereocenters. The van der Waals surface area contributed by atoms with Gasteiger partial charge in [-0.15, -0.1) is 0 Å². The molecule has 2 rings (SSSR count). The Bertz CT molecular complexity index is 1460. The number of benzene rings is 1. The molecule has 16 nitrogen and oxygen atoms in total. The predicted octanol–water partition coefficient (Wildman–Crippen LogP) is -0.669. The van der Waals surface area contributed by atoms with Crippen LogP contribution in [0.5, 0.6) is 5.75 Å². The van der Waals surface area contributed by atoms with E-state index in [1.165, 1.54) is 46.0 Å². The number of carbonyl (C=O) groups is 7. The van der Waals surface area contributed by atoms with E-state index in [4.69, 9.17) is 5.73 Å². The van der Waals surface area contributed by atoms with Gasteiger partial charge in [-0.1, -0.05) is 37.3 Å². The van der Waals surface area contributed by atoms with E-state index in [9.17, 15) is 38.7 Å². The van der Waals surface area contributed by atoms with Gasteiger partial charge < -0.3 is 42.7 Å². The molecule has 17 heteroatoms. The molecule has 5 amide bonds. The Kier molecular flexibility index (Phi) is 14.0. The number of hydrogen-bond acceptors (Lipinski definition) is 12. The fourth-order valence-corrected chi connectivity index (χ4v) is 4.72. The molecular formula is C30H42N8O8S. The first-order valence-corrected chi connectivity index (χ1v) is 15.5. The number of phenols is 1. The van der Waals surface area contributed by atoms with Gasteiger partial charge in [-0.05, 0) is 51.3 Å². The summed E-state index contributed by atoms with van der Waals surface area (Å²) >= 11 is 1.08. The Hall–Kier alpha value is -4.90.